The first-order valence-electron chi connectivity index (χ1n) is 11.5. The van der Waals surface area contributed by atoms with Gasteiger partial charge in [-0.25, -0.2) is 0 Å². The summed E-state index contributed by atoms with van der Waals surface area (Å²) in [6.07, 6.45) is 6.68. The molecule has 0 spiro atoms. The monoisotopic (exact) mass is 418 g/mol. The van der Waals surface area contributed by atoms with Gasteiger partial charge in [0.15, 0.2) is 5.96 Å². The van der Waals surface area contributed by atoms with Gasteiger partial charge in [-0.2, -0.15) is 0 Å². The van der Waals surface area contributed by atoms with Gasteiger partial charge in [0, 0.05) is 45.1 Å². The number of carbonyl (C=O) groups is 1. The van der Waals surface area contributed by atoms with Crippen LogP contribution < -0.4 is 10.6 Å². The van der Waals surface area contributed by atoms with Crippen molar-refractivity contribution in [3.8, 4) is 0 Å². The molecule has 5 nitrogen and oxygen atoms in total. The van der Waals surface area contributed by atoms with Crippen LogP contribution in [0.1, 0.15) is 55.2 Å². The average Bonchev–Trinajstić information content (AvgIpc) is 3.45. The van der Waals surface area contributed by atoms with Crippen LogP contribution in [0.5, 0.6) is 0 Å². The number of hydrogen-bond donors (Lipinski definition) is 2. The lowest BCUT2D eigenvalue weighted by atomic mass is 9.79. The summed E-state index contributed by atoms with van der Waals surface area (Å²) in [5.74, 6) is 1.11. The molecule has 1 heterocycles. The van der Waals surface area contributed by atoms with Crippen LogP contribution in [0.25, 0.3) is 0 Å². The normalized spacial score (nSPS) is 18.4. The Morgan fingerprint density at radius 3 is 2.48 bits per heavy atom. The van der Waals surface area contributed by atoms with E-state index < -0.39 is 0 Å². The number of guanidine groups is 1. The van der Waals surface area contributed by atoms with E-state index in [0.717, 1.165) is 25.5 Å². The molecule has 31 heavy (non-hydrogen) atoms. The molecule has 0 atom stereocenters. The summed E-state index contributed by atoms with van der Waals surface area (Å²) < 4.78 is 0. The smallest absolute Gasteiger partial charge is 0.222 e. The standard InChI is InChI=1S/C26H34N4O/c1-27-25(29-20-26(14-5-6-15-26)23-11-3-2-4-12-23)28-18-21-9-7-10-22(17-21)19-30-16-8-13-24(30)31/h2-4,7,9-12,17H,5-6,8,13-16,18-20H2,1H3,(H2,27,28,29). The molecular formula is C26H34N4O. The highest BCUT2D eigenvalue weighted by Crippen LogP contribution is 2.40. The molecule has 2 aromatic rings. The van der Waals surface area contributed by atoms with Crippen molar-refractivity contribution in [3.05, 3.63) is 71.3 Å². The fraction of sp³-hybridized carbons (Fsp3) is 0.462. The molecule has 164 valence electrons. The van der Waals surface area contributed by atoms with E-state index in [1.807, 2.05) is 11.9 Å². The molecule has 0 radical (unpaired) electrons. The molecule has 5 heteroatoms. The van der Waals surface area contributed by atoms with E-state index in [-0.39, 0.29) is 11.3 Å². The van der Waals surface area contributed by atoms with Crippen molar-refractivity contribution in [2.45, 2.75) is 57.0 Å². The number of amides is 1. The lowest BCUT2D eigenvalue weighted by Crippen LogP contribution is -2.44. The number of benzene rings is 2. The largest absolute Gasteiger partial charge is 0.356 e. The highest BCUT2D eigenvalue weighted by atomic mass is 16.2. The minimum Gasteiger partial charge on any atom is -0.356 e. The fourth-order valence-corrected chi connectivity index (χ4v) is 5.00. The summed E-state index contributed by atoms with van der Waals surface area (Å²) in [5.41, 5.74) is 4.01. The minimum absolute atomic E-state index is 0.195. The first kappa shape index (κ1) is 21.4. The molecule has 0 bridgehead atoms. The quantitative estimate of drug-likeness (QED) is 0.528. The molecule has 2 fully saturated rings. The Bertz CT molecular complexity index is 903. The van der Waals surface area contributed by atoms with Gasteiger partial charge in [0.25, 0.3) is 0 Å². The highest BCUT2D eigenvalue weighted by molar-refractivity contribution is 5.80. The maximum absolute atomic E-state index is 11.9. The summed E-state index contributed by atoms with van der Waals surface area (Å²) in [4.78, 5) is 18.3. The molecule has 0 aromatic heterocycles. The zero-order chi connectivity index (χ0) is 21.5. The predicted octanol–water partition coefficient (Wildman–Crippen LogP) is 3.99. The third kappa shape index (κ3) is 5.27. The van der Waals surface area contributed by atoms with Gasteiger partial charge in [0.05, 0.1) is 0 Å². The SMILES string of the molecule is CN=C(NCc1cccc(CN2CCCC2=O)c1)NCC1(c2ccccc2)CCCC1. The zero-order valence-electron chi connectivity index (χ0n) is 18.6. The van der Waals surface area contributed by atoms with Crippen molar-refractivity contribution in [2.24, 2.45) is 4.99 Å². The molecule has 4 rings (SSSR count). The van der Waals surface area contributed by atoms with Crippen molar-refractivity contribution in [1.29, 1.82) is 0 Å². The summed E-state index contributed by atoms with van der Waals surface area (Å²) in [7, 11) is 1.83. The number of aliphatic imine (C=N–C) groups is 1. The Labute approximate surface area is 186 Å². The van der Waals surface area contributed by atoms with Crippen LogP contribution in [-0.4, -0.2) is 36.9 Å². The molecule has 1 amide bonds. The Hall–Kier alpha value is -2.82. The van der Waals surface area contributed by atoms with E-state index in [1.165, 1.54) is 42.4 Å². The van der Waals surface area contributed by atoms with Crippen molar-refractivity contribution < 1.29 is 4.79 Å². The number of nitrogens with one attached hydrogen (secondary N) is 2. The van der Waals surface area contributed by atoms with E-state index in [2.05, 4.69) is 70.2 Å². The topological polar surface area (TPSA) is 56.7 Å². The molecular weight excluding hydrogens is 384 g/mol. The predicted molar refractivity (Wildman–Crippen MR) is 126 cm³/mol. The Kier molecular flexibility index (Phi) is 6.90. The van der Waals surface area contributed by atoms with Gasteiger partial charge in [0.1, 0.15) is 0 Å². The van der Waals surface area contributed by atoms with Crippen LogP contribution in [-0.2, 0) is 23.3 Å². The third-order valence-electron chi connectivity index (χ3n) is 6.76. The minimum atomic E-state index is 0.195. The second-order valence-electron chi connectivity index (χ2n) is 8.87. The van der Waals surface area contributed by atoms with Gasteiger partial charge >= 0.3 is 0 Å². The maximum atomic E-state index is 11.9. The van der Waals surface area contributed by atoms with Crippen LogP contribution in [0.2, 0.25) is 0 Å². The summed E-state index contributed by atoms with van der Waals surface area (Å²) >= 11 is 0. The number of rotatable bonds is 7. The highest BCUT2D eigenvalue weighted by Gasteiger charge is 2.35. The molecule has 2 aliphatic rings. The maximum Gasteiger partial charge on any atom is 0.222 e. The number of likely N-dealkylation sites (tertiary alicyclic amines) is 1. The van der Waals surface area contributed by atoms with Crippen molar-refractivity contribution in [3.63, 3.8) is 0 Å². The zero-order valence-corrected chi connectivity index (χ0v) is 18.6. The van der Waals surface area contributed by atoms with Gasteiger partial charge in [-0.3, -0.25) is 9.79 Å². The van der Waals surface area contributed by atoms with Gasteiger partial charge in [0.2, 0.25) is 5.91 Å². The average molecular weight is 419 g/mol. The lowest BCUT2D eigenvalue weighted by Gasteiger charge is -2.30. The van der Waals surface area contributed by atoms with E-state index >= 15 is 0 Å². The van der Waals surface area contributed by atoms with Crippen LogP contribution in [0.4, 0.5) is 0 Å². The van der Waals surface area contributed by atoms with E-state index in [4.69, 9.17) is 0 Å². The number of hydrogen-bond acceptors (Lipinski definition) is 2. The Morgan fingerprint density at radius 1 is 1.00 bits per heavy atom. The molecule has 0 unspecified atom stereocenters. The summed E-state index contributed by atoms with van der Waals surface area (Å²) in [5, 5.41) is 7.05. The molecule has 1 aliphatic heterocycles. The molecule has 2 aromatic carbocycles. The van der Waals surface area contributed by atoms with Crippen LogP contribution in [0.15, 0.2) is 59.6 Å². The molecule has 1 saturated carbocycles. The first-order chi connectivity index (χ1) is 15.2. The van der Waals surface area contributed by atoms with E-state index in [1.54, 1.807) is 0 Å². The van der Waals surface area contributed by atoms with Crippen molar-refractivity contribution in [1.82, 2.24) is 15.5 Å². The van der Waals surface area contributed by atoms with Crippen LogP contribution >= 0.6 is 0 Å². The van der Waals surface area contributed by atoms with Crippen LogP contribution in [0, 0.1) is 0 Å². The second kappa shape index (κ2) is 9.99. The molecule has 1 saturated heterocycles. The number of carbonyl (C=O) groups excluding carboxylic acids is 1. The first-order valence-corrected chi connectivity index (χ1v) is 11.5. The fourth-order valence-electron chi connectivity index (χ4n) is 5.00. The van der Waals surface area contributed by atoms with Gasteiger partial charge in [-0.05, 0) is 36.0 Å². The Morgan fingerprint density at radius 2 is 1.77 bits per heavy atom. The van der Waals surface area contributed by atoms with Crippen LogP contribution in [0.3, 0.4) is 0 Å². The van der Waals surface area contributed by atoms with Gasteiger partial charge < -0.3 is 15.5 Å². The third-order valence-corrected chi connectivity index (χ3v) is 6.76. The van der Waals surface area contributed by atoms with Crippen molar-refractivity contribution >= 4 is 11.9 Å². The van der Waals surface area contributed by atoms with E-state index in [0.29, 0.717) is 19.5 Å². The molecule has 1 aliphatic carbocycles. The second-order valence-corrected chi connectivity index (χ2v) is 8.87. The lowest BCUT2D eigenvalue weighted by molar-refractivity contribution is -0.128. The van der Waals surface area contributed by atoms with Gasteiger partial charge in [-0.15, -0.1) is 0 Å². The Balaban J connectivity index is 1.33. The van der Waals surface area contributed by atoms with E-state index in [9.17, 15) is 4.79 Å². The molecule has 2 N–H and O–H groups in total. The van der Waals surface area contributed by atoms with Gasteiger partial charge in [-0.1, -0.05) is 67.4 Å². The summed E-state index contributed by atoms with van der Waals surface area (Å²) in [6.45, 7) is 3.19. The van der Waals surface area contributed by atoms with Crippen molar-refractivity contribution in [2.75, 3.05) is 20.1 Å². The number of nitrogens with zero attached hydrogens (tertiary/aromatic N) is 2. The summed E-state index contributed by atoms with van der Waals surface area (Å²) in [6, 6.07) is 19.4.